The molecule has 3 aromatic heterocycles. The van der Waals surface area contributed by atoms with Crippen LogP contribution in [0.1, 0.15) is 24.6 Å². The highest BCUT2D eigenvalue weighted by atomic mass is 35.5. The Labute approximate surface area is 184 Å². The van der Waals surface area contributed by atoms with Crippen LogP contribution in [0.2, 0.25) is 5.02 Å². The summed E-state index contributed by atoms with van der Waals surface area (Å²) < 4.78 is 7.81. The Morgan fingerprint density at radius 3 is 2.90 bits per heavy atom. The smallest absolute Gasteiger partial charge is 0.164 e. The van der Waals surface area contributed by atoms with Gasteiger partial charge in [-0.1, -0.05) is 17.7 Å². The van der Waals surface area contributed by atoms with Gasteiger partial charge in [0.15, 0.2) is 5.65 Å². The first kappa shape index (κ1) is 19.7. The van der Waals surface area contributed by atoms with Crippen LogP contribution in [-0.2, 0) is 6.61 Å². The minimum absolute atomic E-state index is 0.218. The number of nitrogens with two attached hydrogens (primary N) is 1. The molecule has 8 nitrogen and oxygen atoms in total. The Balaban J connectivity index is 1.49. The Bertz CT molecular complexity index is 1210. The van der Waals surface area contributed by atoms with Crippen molar-refractivity contribution >= 4 is 28.5 Å². The van der Waals surface area contributed by atoms with Gasteiger partial charge in [0.2, 0.25) is 0 Å². The van der Waals surface area contributed by atoms with Crippen LogP contribution in [0.5, 0.6) is 5.75 Å². The molecule has 5 rings (SSSR count). The van der Waals surface area contributed by atoms with E-state index in [9.17, 15) is 0 Å². The fraction of sp³-hybridized carbons (Fsp3) is 0.273. The zero-order valence-electron chi connectivity index (χ0n) is 16.8. The van der Waals surface area contributed by atoms with Gasteiger partial charge in [-0.05, 0) is 49.7 Å². The number of benzene rings is 1. The molecule has 1 aliphatic heterocycles. The number of pyridine rings is 1. The van der Waals surface area contributed by atoms with E-state index in [4.69, 9.17) is 27.2 Å². The van der Waals surface area contributed by atoms with E-state index in [-0.39, 0.29) is 6.04 Å². The quantitative estimate of drug-likeness (QED) is 0.493. The molecule has 158 valence electrons. The topological polar surface area (TPSA) is 104 Å². The molecule has 0 saturated carbocycles. The Kier molecular flexibility index (Phi) is 5.40. The molecule has 1 atom stereocenters. The van der Waals surface area contributed by atoms with Crippen LogP contribution in [0.3, 0.4) is 0 Å². The van der Waals surface area contributed by atoms with E-state index in [2.05, 4.69) is 20.3 Å². The Hall–Kier alpha value is -3.23. The molecule has 4 aromatic rings. The van der Waals surface area contributed by atoms with Gasteiger partial charge in [-0.2, -0.15) is 5.10 Å². The molecule has 0 spiro atoms. The molecule has 1 fully saturated rings. The average Bonchev–Trinajstić information content (AvgIpc) is 3.21. The number of piperidine rings is 1. The first-order chi connectivity index (χ1) is 15.2. The third kappa shape index (κ3) is 3.92. The summed E-state index contributed by atoms with van der Waals surface area (Å²) in [4.78, 5) is 12.9. The lowest BCUT2D eigenvalue weighted by Gasteiger charge is -2.23. The van der Waals surface area contributed by atoms with Crippen LogP contribution in [0, 0.1) is 0 Å². The van der Waals surface area contributed by atoms with Gasteiger partial charge in [0.1, 0.15) is 30.2 Å². The standard InChI is InChI=1S/C22H22ClN7O/c23-17-10-14(6-7-18(17)31-12-15-4-1-2-9-26-15)20-19-21(24)27-13-28-22(19)30(29-20)16-5-3-8-25-11-16/h1-2,4,6-7,9-10,13,16,25H,3,5,8,11-12H2,(H2,24,27,28)/t16-/m1/s1. The van der Waals surface area contributed by atoms with Gasteiger partial charge in [-0.15, -0.1) is 0 Å². The number of anilines is 1. The van der Waals surface area contributed by atoms with Gasteiger partial charge in [0.25, 0.3) is 0 Å². The number of hydrogen-bond acceptors (Lipinski definition) is 7. The van der Waals surface area contributed by atoms with Crippen molar-refractivity contribution in [2.24, 2.45) is 0 Å². The van der Waals surface area contributed by atoms with Crippen LogP contribution in [-0.4, -0.2) is 37.8 Å². The summed E-state index contributed by atoms with van der Waals surface area (Å²) in [6.07, 6.45) is 5.35. The summed E-state index contributed by atoms with van der Waals surface area (Å²) in [5.74, 6) is 0.988. The largest absolute Gasteiger partial charge is 0.486 e. The molecule has 1 saturated heterocycles. The van der Waals surface area contributed by atoms with Gasteiger partial charge >= 0.3 is 0 Å². The molecule has 4 heterocycles. The van der Waals surface area contributed by atoms with Crippen molar-refractivity contribution in [3.8, 4) is 17.0 Å². The van der Waals surface area contributed by atoms with E-state index in [1.54, 1.807) is 6.20 Å². The molecule has 0 radical (unpaired) electrons. The van der Waals surface area contributed by atoms with Gasteiger partial charge < -0.3 is 15.8 Å². The second-order valence-electron chi connectivity index (χ2n) is 7.51. The third-order valence-electron chi connectivity index (χ3n) is 5.44. The van der Waals surface area contributed by atoms with Crippen molar-refractivity contribution < 1.29 is 4.74 Å². The maximum atomic E-state index is 6.54. The highest BCUT2D eigenvalue weighted by Gasteiger charge is 2.23. The first-order valence-corrected chi connectivity index (χ1v) is 10.6. The number of rotatable bonds is 5. The molecule has 0 bridgehead atoms. The van der Waals surface area contributed by atoms with Crippen LogP contribution in [0.25, 0.3) is 22.3 Å². The monoisotopic (exact) mass is 435 g/mol. The number of ether oxygens (including phenoxy) is 1. The van der Waals surface area contributed by atoms with E-state index in [1.807, 2.05) is 41.1 Å². The predicted octanol–water partition coefficient (Wildman–Crippen LogP) is 3.63. The molecule has 31 heavy (non-hydrogen) atoms. The predicted molar refractivity (Wildman–Crippen MR) is 120 cm³/mol. The molecule has 9 heteroatoms. The van der Waals surface area contributed by atoms with Crippen molar-refractivity contribution in [3.05, 3.63) is 59.6 Å². The molecule has 1 aromatic carbocycles. The summed E-state index contributed by atoms with van der Waals surface area (Å²) in [5, 5.41) is 9.55. The minimum Gasteiger partial charge on any atom is -0.486 e. The highest BCUT2D eigenvalue weighted by Crippen LogP contribution is 2.36. The summed E-state index contributed by atoms with van der Waals surface area (Å²) in [6, 6.07) is 11.5. The lowest BCUT2D eigenvalue weighted by molar-refractivity contribution is 0.301. The van der Waals surface area contributed by atoms with E-state index in [0.29, 0.717) is 23.2 Å². The normalized spacial score (nSPS) is 16.5. The number of halogens is 1. The average molecular weight is 436 g/mol. The van der Waals surface area contributed by atoms with Crippen LogP contribution in [0.15, 0.2) is 48.9 Å². The van der Waals surface area contributed by atoms with Gasteiger partial charge in [-0.25, -0.2) is 14.6 Å². The second kappa shape index (κ2) is 8.49. The number of nitrogens with one attached hydrogen (secondary N) is 1. The lowest BCUT2D eigenvalue weighted by Crippen LogP contribution is -2.32. The Morgan fingerprint density at radius 2 is 2.13 bits per heavy atom. The van der Waals surface area contributed by atoms with Crippen molar-refractivity contribution in [3.63, 3.8) is 0 Å². The molecule has 0 unspecified atom stereocenters. The zero-order chi connectivity index (χ0) is 21.2. The van der Waals surface area contributed by atoms with Gasteiger partial charge in [0, 0.05) is 18.3 Å². The SMILES string of the molecule is Nc1ncnc2c1c(-c1ccc(OCc3ccccn3)c(Cl)c1)nn2[C@@H]1CCCNC1. The maximum Gasteiger partial charge on any atom is 0.164 e. The van der Waals surface area contributed by atoms with E-state index < -0.39 is 0 Å². The summed E-state index contributed by atoms with van der Waals surface area (Å²) >= 11 is 6.54. The molecule has 1 aliphatic rings. The van der Waals surface area contributed by atoms with Crippen molar-refractivity contribution in [1.82, 2.24) is 30.0 Å². The number of nitrogen functional groups attached to an aromatic ring is 1. The molecule has 3 N–H and O–H groups in total. The maximum absolute atomic E-state index is 6.54. The number of fused-ring (bicyclic) bond motifs is 1. The van der Waals surface area contributed by atoms with Gasteiger partial charge in [-0.3, -0.25) is 4.98 Å². The van der Waals surface area contributed by atoms with Gasteiger partial charge in [0.05, 0.1) is 22.1 Å². The number of aromatic nitrogens is 5. The van der Waals surface area contributed by atoms with E-state index in [1.165, 1.54) is 6.33 Å². The lowest BCUT2D eigenvalue weighted by atomic mass is 10.1. The third-order valence-corrected chi connectivity index (χ3v) is 5.74. The van der Waals surface area contributed by atoms with Crippen LogP contribution >= 0.6 is 11.6 Å². The van der Waals surface area contributed by atoms with Crippen LogP contribution < -0.4 is 15.8 Å². The zero-order valence-corrected chi connectivity index (χ0v) is 17.6. The van der Waals surface area contributed by atoms with Crippen molar-refractivity contribution in [2.45, 2.75) is 25.5 Å². The fourth-order valence-electron chi connectivity index (χ4n) is 3.89. The molecular formula is C22H22ClN7O. The number of nitrogens with zero attached hydrogens (tertiary/aromatic N) is 5. The fourth-order valence-corrected chi connectivity index (χ4v) is 4.13. The van der Waals surface area contributed by atoms with E-state index in [0.717, 1.165) is 53.9 Å². The summed E-state index contributed by atoms with van der Waals surface area (Å²) in [6.45, 7) is 2.21. The summed E-state index contributed by atoms with van der Waals surface area (Å²) in [5.41, 5.74) is 9.36. The second-order valence-corrected chi connectivity index (χ2v) is 7.91. The van der Waals surface area contributed by atoms with Crippen molar-refractivity contribution in [1.29, 1.82) is 0 Å². The van der Waals surface area contributed by atoms with Crippen LogP contribution in [0.4, 0.5) is 5.82 Å². The minimum atomic E-state index is 0.218. The summed E-state index contributed by atoms with van der Waals surface area (Å²) in [7, 11) is 0. The highest BCUT2D eigenvalue weighted by molar-refractivity contribution is 6.32. The molecular weight excluding hydrogens is 414 g/mol. The Morgan fingerprint density at radius 1 is 1.19 bits per heavy atom. The van der Waals surface area contributed by atoms with E-state index >= 15 is 0 Å². The number of hydrogen-bond donors (Lipinski definition) is 2. The first-order valence-electron chi connectivity index (χ1n) is 10.2. The molecule has 0 aliphatic carbocycles. The molecule has 0 amide bonds. The van der Waals surface area contributed by atoms with Crippen molar-refractivity contribution in [2.75, 3.05) is 18.8 Å².